The lowest BCUT2D eigenvalue weighted by molar-refractivity contribution is -0.111. The summed E-state index contributed by atoms with van der Waals surface area (Å²) in [7, 11) is 2.88. The number of hydrogen-bond donors (Lipinski definition) is 1. The van der Waals surface area contributed by atoms with E-state index in [-0.39, 0.29) is 5.91 Å². The number of nitrogens with one attached hydrogen (secondary N) is 1. The van der Waals surface area contributed by atoms with Gasteiger partial charge in [-0.1, -0.05) is 18.2 Å². The minimum absolute atomic E-state index is 0.323. The molecule has 0 spiro atoms. The highest BCUT2D eigenvalue weighted by Crippen LogP contribution is 2.41. The number of hydrogen-bond acceptors (Lipinski definition) is 7. The summed E-state index contributed by atoms with van der Waals surface area (Å²) < 4.78 is 21.4. The first-order chi connectivity index (χ1) is 16.9. The van der Waals surface area contributed by atoms with Gasteiger partial charge in [0.2, 0.25) is 5.91 Å². The molecule has 1 amide bonds. The van der Waals surface area contributed by atoms with Crippen molar-refractivity contribution in [2.45, 2.75) is 20.8 Å². The van der Waals surface area contributed by atoms with E-state index in [1.165, 1.54) is 24.5 Å². The molecule has 184 valence electrons. The molecule has 0 unspecified atom stereocenters. The highest BCUT2D eigenvalue weighted by Gasteiger charge is 2.24. The number of carbonyl (C=O) groups is 2. The summed E-state index contributed by atoms with van der Waals surface area (Å²) in [5.74, 6) is 1.07. The average molecular weight is 496 g/mol. The first-order valence-corrected chi connectivity index (χ1v) is 12.0. The molecule has 0 aliphatic heterocycles. The number of aryl methyl sites for hydroxylation is 1. The number of rotatable bonds is 10. The van der Waals surface area contributed by atoms with Gasteiger partial charge >= 0.3 is 5.97 Å². The van der Waals surface area contributed by atoms with Crippen molar-refractivity contribution in [3.8, 4) is 28.4 Å². The van der Waals surface area contributed by atoms with Gasteiger partial charge in [-0.2, -0.15) is 0 Å². The van der Waals surface area contributed by atoms with Gasteiger partial charge < -0.3 is 24.3 Å². The maximum Gasteiger partial charge on any atom is 0.341 e. The van der Waals surface area contributed by atoms with Crippen LogP contribution in [0, 0.1) is 6.92 Å². The second-order valence-corrected chi connectivity index (χ2v) is 8.58. The van der Waals surface area contributed by atoms with E-state index in [9.17, 15) is 9.59 Å². The molecule has 0 aliphatic rings. The van der Waals surface area contributed by atoms with E-state index in [1.54, 1.807) is 25.3 Å². The second kappa shape index (κ2) is 12.1. The van der Waals surface area contributed by atoms with Gasteiger partial charge in [0.15, 0.2) is 11.5 Å². The number of amides is 1. The van der Waals surface area contributed by atoms with Crippen molar-refractivity contribution >= 4 is 34.3 Å². The van der Waals surface area contributed by atoms with Crippen molar-refractivity contribution in [3.05, 3.63) is 64.5 Å². The van der Waals surface area contributed by atoms with Crippen LogP contribution in [0.25, 0.3) is 17.2 Å². The number of anilines is 1. The monoisotopic (exact) mass is 495 g/mol. The Morgan fingerprint density at radius 1 is 0.971 bits per heavy atom. The van der Waals surface area contributed by atoms with E-state index in [1.807, 2.05) is 51.1 Å². The molecule has 1 heterocycles. The number of carbonyl (C=O) groups excluding carboxylic acids is 2. The zero-order valence-electron chi connectivity index (χ0n) is 20.5. The lowest BCUT2D eigenvalue weighted by Crippen LogP contribution is -2.11. The summed E-state index contributed by atoms with van der Waals surface area (Å²) in [6, 6.07) is 12.9. The predicted octanol–water partition coefficient (Wildman–Crippen LogP) is 5.97. The molecule has 2 aromatic carbocycles. The molecule has 1 N–H and O–H groups in total. The predicted molar refractivity (Wildman–Crippen MR) is 139 cm³/mol. The molecular formula is C27H29NO6S. The Kier molecular flexibility index (Phi) is 8.92. The smallest absolute Gasteiger partial charge is 0.341 e. The van der Waals surface area contributed by atoms with Crippen LogP contribution in [0.15, 0.2) is 48.5 Å². The number of methoxy groups -OCH3 is 2. The summed E-state index contributed by atoms with van der Waals surface area (Å²) in [6.07, 6.45) is 3.07. The summed E-state index contributed by atoms with van der Waals surface area (Å²) >= 11 is 1.32. The first-order valence-electron chi connectivity index (χ1n) is 11.2. The van der Waals surface area contributed by atoms with Crippen LogP contribution in [0.4, 0.5) is 5.00 Å². The highest BCUT2D eigenvalue weighted by atomic mass is 32.1. The average Bonchev–Trinajstić information content (AvgIpc) is 3.18. The molecule has 0 fully saturated rings. The van der Waals surface area contributed by atoms with Gasteiger partial charge in [-0.05, 0) is 62.2 Å². The van der Waals surface area contributed by atoms with Gasteiger partial charge in [0, 0.05) is 16.5 Å². The molecule has 3 rings (SSSR count). The van der Waals surface area contributed by atoms with E-state index >= 15 is 0 Å². The lowest BCUT2D eigenvalue weighted by atomic mass is 10.0. The van der Waals surface area contributed by atoms with Gasteiger partial charge in [-0.15, -0.1) is 11.3 Å². The van der Waals surface area contributed by atoms with E-state index in [2.05, 4.69) is 5.32 Å². The van der Waals surface area contributed by atoms with Crippen LogP contribution in [0.1, 0.15) is 34.6 Å². The number of benzene rings is 2. The largest absolute Gasteiger partial charge is 0.494 e. The van der Waals surface area contributed by atoms with E-state index in [4.69, 9.17) is 18.9 Å². The highest BCUT2D eigenvalue weighted by molar-refractivity contribution is 7.17. The first kappa shape index (κ1) is 25.8. The van der Waals surface area contributed by atoms with Crippen LogP contribution in [-0.4, -0.2) is 39.3 Å². The minimum atomic E-state index is -0.520. The van der Waals surface area contributed by atoms with Crippen molar-refractivity contribution in [2.75, 3.05) is 32.8 Å². The molecule has 0 radical (unpaired) electrons. The van der Waals surface area contributed by atoms with Crippen LogP contribution < -0.4 is 19.5 Å². The molecule has 0 aliphatic carbocycles. The Balaban J connectivity index is 1.86. The molecule has 0 saturated heterocycles. The lowest BCUT2D eigenvalue weighted by Gasteiger charge is -2.09. The number of ether oxygens (including phenoxy) is 4. The molecule has 0 saturated carbocycles. The van der Waals surface area contributed by atoms with Crippen molar-refractivity contribution in [1.82, 2.24) is 0 Å². The normalized spacial score (nSPS) is 10.8. The Hall–Kier alpha value is -3.78. The van der Waals surface area contributed by atoms with Gasteiger partial charge in [0.25, 0.3) is 0 Å². The van der Waals surface area contributed by atoms with Gasteiger partial charge in [-0.25, -0.2) is 4.79 Å². The van der Waals surface area contributed by atoms with Gasteiger partial charge in [0.05, 0.1) is 27.4 Å². The standard InChI is InChI=1S/C27H29NO6S/c1-6-33-20-12-10-19(11-13-20)24-17(3)35-26(25(24)27(30)32-5)28-23(29)15-9-18-8-14-21(34-7-2)22(16-18)31-4/h8-16H,6-7H2,1-5H3,(H,28,29)/b15-9+. The fourth-order valence-corrected chi connectivity index (χ4v) is 4.62. The fourth-order valence-electron chi connectivity index (χ4n) is 3.55. The Labute approximate surface area is 209 Å². The SMILES string of the molecule is CCOc1ccc(-c2c(C)sc(NC(=O)/C=C/c3ccc(OCC)c(OC)c3)c2C(=O)OC)cc1. The molecule has 0 bridgehead atoms. The van der Waals surface area contributed by atoms with Crippen molar-refractivity contribution in [3.63, 3.8) is 0 Å². The van der Waals surface area contributed by atoms with Crippen molar-refractivity contribution < 1.29 is 28.5 Å². The summed E-state index contributed by atoms with van der Waals surface area (Å²) in [5.41, 5.74) is 2.65. The summed E-state index contributed by atoms with van der Waals surface area (Å²) in [5, 5.41) is 3.26. The molecule has 7 nitrogen and oxygen atoms in total. The third kappa shape index (κ3) is 6.22. The van der Waals surface area contributed by atoms with Crippen LogP contribution in [-0.2, 0) is 9.53 Å². The van der Waals surface area contributed by atoms with Crippen LogP contribution in [0.5, 0.6) is 17.2 Å². The molecule has 35 heavy (non-hydrogen) atoms. The maximum atomic E-state index is 12.7. The van der Waals surface area contributed by atoms with Gasteiger partial charge in [0.1, 0.15) is 16.3 Å². The third-order valence-electron chi connectivity index (χ3n) is 5.08. The van der Waals surface area contributed by atoms with E-state index in [0.29, 0.717) is 35.3 Å². The van der Waals surface area contributed by atoms with Crippen LogP contribution in [0.2, 0.25) is 0 Å². The Bertz CT molecular complexity index is 1210. The molecule has 3 aromatic rings. The topological polar surface area (TPSA) is 83.1 Å². The van der Waals surface area contributed by atoms with Crippen molar-refractivity contribution in [2.24, 2.45) is 0 Å². The Morgan fingerprint density at radius 2 is 1.69 bits per heavy atom. The molecular weight excluding hydrogens is 466 g/mol. The van der Waals surface area contributed by atoms with Crippen LogP contribution >= 0.6 is 11.3 Å². The molecule has 0 atom stereocenters. The zero-order chi connectivity index (χ0) is 25.4. The second-order valence-electron chi connectivity index (χ2n) is 7.35. The summed E-state index contributed by atoms with van der Waals surface area (Å²) in [4.78, 5) is 26.3. The third-order valence-corrected chi connectivity index (χ3v) is 6.10. The quantitative estimate of drug-likeness (QED) is 0.276. The maximum absolute atomic E-state index is 12.7. The van der Waals surface area contributed by atoms with Gasteiger partial charge in [-0.3, -0.25) is 4.79 Å². The summed E-state index contributed by atoms with van der Waals surface area (Å²) in [6.45, 7) is 6.81. The van der Waals surface area contributed by atoms with Crippen LogP contribution in [0.3, 0.4) is 0 Å². The number of esters is 1. The molecule has 8 heteroatoms. The fraction of sp³-hybridized carbons (Fsp3) is 0.259. The van der Waals surface area contributed by atoms with E-state index in [0.717, 1.165) is 27.3 Å². The number of thiophene rings is 1. The van der Waals surface area contributed by atoms with Crippen molar-refractivity contribution in [1.29, 1.82) is 0 Å². The zero-order valence-corrected chi connectivity index (χ0v) is 21.3. The Morgan fingerprint density at radius 3 is 2.31 bits per heavy atom. The molecule has 1 aromatic heterocycles. The minimum Gasteiger partial charge on any atom is -0.494 e. The van der Waals surface area contributed by atoms with E-state index < -0.39 is 5.97 Å².